The van der Waals surface area contributed by atoms with Gasteiger partial charge in [0.2, 0.25) is 0 Å². The summed E-state index contributed by atoms with van der Waals surface area (Å²) in [6.45, 7) is 11.5. The highest BCUT2D eigenvalue weighted by Gasteiger charge is 2.11. The molecule has 0 fully saturated rings. The third-order valence-corrected chi connectivity index (χ3v) is 4.76. The van der Waals surface area contributed by atoms with Gasteiger partial charge in [0.25, 0.3) is 0 Å². The van der Waals surface area contributed by atoms with E-state index in [0.717, 1.165) is 40.3 Å². The molecule has 98 valence electrons. The monoisotopic (exact) mass is 281 g/mol. The van der Waals surface area contributed by atoms with Gasteiger partial charge in [-0.2, -0.15) is 0 Å². The molecule has 0 saturated carbocycles. The molecule has 1 N–H and O–H groups in total. The van der Waals surface area contributed by atoms with Crippen LogP contribution in [-0.2, 0) is 6.54 Å². The summed E-state index contributed by atoms with van der Waals surface area (Å²) in [6, 6.07) is 0. The summed E-state index contributed by atoms with van der Waals surface area (Å²) in [5.41, 5.74) is 1.26. The minimum atomic E-state index is 0.823. The van der Waals surface area contributed by atoms with Crippen LogP contribution in [0.2, 0.25) is 0 Å². The molecular formula is C13H19N3S2. The molecule has 0 unspecified atom stereocenters. The van der Waals surface area contributed by atoms with Crippen molar-refractivity contribution in [1.29, 1.82) is 0 Å². The van der Waals surface area contributed by atoms with Crippen molar-refractivity contribution >= 4 is 33.8 Å². The highest BCUT2D eigenvalue weighted by Crippen LogP contribution is 2.29. The number of thiophene rings is 1. The second-order valence-electron chi connectivity index (χ2n) is 4.44. The Labute approximate surface area is 117 Å². The molecule has 3 nitrogen and oxygen atoms in total. The molecule has 2 heterocycles. The molecule has 0 saturated heterocycles. The maximum absolute atomic E-state index is 5.46. The van der Waals surface area contributed by atoms with Crippen molar-refractivity contribution in [1.82, 2.24) is 14.9 Å². The fourth-order valence-corrected chi connectivity index (χ4v) is 3.52. The van der Waals surface area contributed by atoms with E-state index in [9.17, 15) is 0 Å². The van der Waals surface area contributed by atoms with Crippen LogP contribution in [0.4, 0.5) is 0 Å². The SMILES string of the molecule is CCN(CC)Cc1nc2sc(C)c(C)c2c(=S)[nH]1. The molecule has 0 bridgehead atoms. The number of aromatic amines is 1. The van der Waals surface area contributed by atoms with Crippen molar-refractivity contribution in [2.24, 2.45) is 0 Å². The molecular weight excluding hydrogens is 262 g/mol. The summed E-state index contributed by atoms with van der Waals surface area (Å²) < 4.78 is 0.823. The predicted octanol–water partition coefficient (Wildman–Crippen LogP) is 3.81. The minimum Gasteiger partial charge on any atom is -0.333 e. The van der Waals surface area contributed by atoms with Gasteiger partial charge in [-0.15, -0.1) is 11.3 Å². The second kappa shape index (κ2) is 5.47. The van der Waals surface area contributed by atoms with Gasteiger partial charge >= 0.3 is 0 Å². The largest absolute Gasteiger partial charge is 0.333 e. The Morgan fingerprint density at radius 3 is 2.56 bits per heavy atom. The van der Waals surface area contributed by atoms with E-state index in [1.165, 1.54) is 10.4 Å². The van der Waals surface area contributed by atoms with E-state index in [2.05, 4.69) is 37.6 Å². The van der Waals surface area contributed by atoms with Gasteiger partial charge in [0.15, 0.2) is 0 Å². The highest BCUT2D eigenvalue weighted by molar-refractivity contribution is 7.71. The number of aromatic nitrogens is 2. The van der Waals surface area contributed by atoms with Crippen molar-refractivity contribution in [2.45, 2.75) is 34.2 Å². The van der Waals surface area contributed by atoms with E-state index >= 15 is 0 Å². The summed E-state index contributed by atoms with van der Waals surface area (Å²) in [7, 11) is 0. The van der Waals surface area contributed by atoms with Crippen molar-refractivity contribution in [3.8, 4) is 0 Å². The van der Waals surface area contributed by atoms with E-state index in [1.807, 2.05) is 0 Å². The average molecular weight is 281 g/mol. The normalized spacial score (nSPS) is 11.6. The lowest BCUT2D eigenvalue weighted by Gasteiger charge is -2.16. The van der Waals surface area contributed by atoms with Crippen LogP contribution in [0.5, 0.6) is 0 Å². The Balaban J connectivity index is 2.46. The van der Waals surface area contributed by atoms with E-state index < -0.39 is 0 Å². The van der Waals surface area contributed by atoms with Gasteiger partial charge in [-0.1, -0.05) is 26.1 Å². The minimum absolute atomic E-state index is 0.823. The van der Waals surface area contributed by atoms with Gasteiger partial charge in [0.1, 0.15) is 15.3 Å². The van der Waals surface area contributed by atoms with Gasteiger partial charge in [-0.05, 0) is 32.5 Å². The molecule has 2 aromatic rings. The molecule has 0 aromatic carbocycles. The predicted molar refractivity (Wildman–Crippen MR) is 80.9 cm³/mol. The molecule has 0 amide bonds. The number of H-pyrrole nitrogens is 1. The Morgan fingerprint density at radius 1 is 1.28 bits per heavy atom. The zero-order valence-corrected chi connectivity index (χ0v) is 13.0. The van der Waals surface area contributed by atoms with E-state index in [0.29, 0.717) is 0 Å². The number of nitrogens with one attached hydrogen (secondary N) is 1. The van der Waals surface area contributed by atoms with Crippen molar-refractivity contribution in [2.75, 3.05) is 13.1 Å². The Morgan fingerprint density at radius 2 is 1.94 bits per heavy atom. The number of aryl methyl sites for hydroxylation is 2. The van der Waals surface area contributed by atoms with Crippen LogP contribution in [0.15, 0.2) is 0 Å². The van der Waals surface area contributed by atoms with Crippen LogP contribution < -0.4 is 0 Å². The zero-order chi connectivity index (χ0) is 13.3. The van der Waals surface area contributed by atoms with E-state index in [-0.39, 0.29) is 0 Å². The first kappa shape index (κ1) is 13.6. The smallest absolute Gasteiger partial charge is 0.128 e. The number of fused-ring (bicyclic) bond motifs is 1. The van der Waals surface area contributed by atoms with Gasteiger partial charge in [0, 0.05) is 10.3 Å². The van der Waals surface area contributed by atoms with Gasteiger partial charge in [-0.25, -0.2) is 4.98 Å². The molecule has 18 heavy (non-hydrogen) atoms. The molecule has 0 atom stereocenters. The fourth-order valence-electron chi connectivity index (χ4n) is 2.03. The summed E-state index contributed by atoms with van der Waals surface area (Å²) >= 11 is 7.19. The van der Waals surface area contributed by atoms with Crippen molar-refractivity contribution < 1.29 is 0 Å². The molecule has 5 heteroatoms. The Bertz CT molecular complexity index is 608. The lowest BCUT2D eigenvalue weighted by Crippen LogP contribution is -2.23. The third-order valence-electron chi connectivity index (χ3n) is 3.36. The lowest BCUT2D eigenvalue weighted by atomic mass is 10.2. The second-order valence-corrected chi connectivity index (χ2v) is 6.05. The number of hydrogen-bond acceptors (Lipinski definition) is 4. The summed E-state index contributed by atoms with van der Waals surface area (Å²) in [4.78, 5) is 12.7. The molecule has 0 aliphatic heterocycles. The Kier molecular flexibility index (Phi) is 4.14. The summed E-state index contributed by atoms with van der Waals surface area (Å²) in [5, 5.41) is 1.12. The first-order valence-electron chi connectivity index (χ1n) is 6.28. The van der Waals surface area contributed by atoms with Crippen LogP contribution in [0.1, 0.15) is 30.1 Å². The molecule has 0 aliphatic carbocycles. The highest BCUT2D eigenvalue weighted by atomic mass is 32.1. The fraction of sp³-hybridized carbons (Fsp3) is 0.538. The van der Waals surface area contributed by atoms with Crippen LogP contribution in [0, 0.1) is 18.5 Å². The van der Waals surface area contributed by atoms with Gasteiger partial charge < -0.3 is 4.98 Å². The topological polar surface area (TPSA) is 31.9 Å². The lowest BCUT2D eigenvalue weighted by molar-refractivity contribution is 0.288. The first-order valence-corrected chi connectivity index (χ1v) is 7.50. The van der Waals surface area contributed by atoms with Crippen LogP contribution >= 0.6 is 23.6 Å². The van der Waals surface area contributed by atoms with E-state index in [1.54, 1.807) is 11.3 Å². The standard InChI is InChI=1S/C13H19N3S2/c1-5-16(6-2)7-10-14-12(17)11-8(3)9(4)18-13(11)15-10/h5-7H2,1-4H3,(H,14,15,17). The number of rotatable bonds is 4. The number of hydrogen-bond donors (Lipinski definition) is 1. The van der Waals surface area contributed by atoms with Crippen molar-refractivity contribution in [3.05, 3.63) is 20.9 Å². The number of nitrogens with zero attached hydrogens (tertiary/aromatic N) is 2. The average Bonchev–Trinajstić information content (AvgIpc) is 2.62. The summed E-state index contributed by atoms with van der Waals surface area (Å²) in [6.07, 6.45) is 0. The maximum Gasteiger partial charge on any atom is 0.128 e. The third kappa shape index (κ3) is 2.48. The van der Waals surface area contributed by atoms with E-state index in [4.69, 9.17) is 17.2 Å². The Hall–Kier alpha value is -0.780. The molecule has 0 radical (unpaired) electrons. The maximum atomic E-state index is 5.46. The molecule has 0 aliphatic rings. The molecule has 2 aromatic heterocycles. The summed E-state index contributed by atoms with van der Waals surface area (Å²) in [5.74, 6) is 0.970. The quantitative estimate of drug-likeness (QED) is 0.865. The van der Waals surface area contributed by atoms with Gasteiger partial charge in [0.05, 0.1) is 6.54 Å². The van der Waals surface area contributed by atoms with Gasteiger partial charge in [-0.3, -0.25) is 4.90 Å². The van der Waals surface area contributed by atoms with Crippen LogP contribution in [-0.4, -0.2) is 28.0 Å². The van der Waals surface area contributed by atoms with Crippen LogP contribution in [0.3, 0.4) is 0 Å². The van der Waals surface area contributed by atoms with Crippen molar-refractivity contribution in [3.63, 3.8) is 0 Å². The first-order chi connectivity index (χ1) is 8.56. The molecule has 0 spiro atoms. The zero-order valence-electron chi connectivity index (χ0n) is 11.3. The van der Waals surface area contributed by atoms with Crippen LogP contribution in [0.25, 0.3) is 10.2 Å². The molecule has 2 rings (SSSR count).